The molecule has 0 radical (unpaired) electrons. The third-order valence-electron chi connectivity index (χ3n) is 2.58. The van der Waals surface area contributed by atoms with Crippen LogP contribution in [0.15, 0.2) is 48.5 Å². The number of Topliss-reactive ketones (excluding diaryl/α,β-unsaturated/α-hetero) is 1. The first-order chi connectivity index (χ1) is 9.56. The average Bonchev–Trinajstić information content (AvgIpc) is 2.46. The Morgan fingerprint density at radius 3 is 1.75 bits per heavy atom. The number of carbonyl (C=O) groups excluding carboxylic acids is 2. The second kappa shape index (κ2) is 6.55. The molecule has 0 N–H and O–H groups in total. The van der Waals surface area contributed by atoms with Crippen molar-refractivity contribution in [1.29, 1.82) is 0 Å². The van der Waals surface area contributed by atoms with E-state index in [0.29, 0.717) is 21.2 Å². The Kier molecular flexibility index (Phi) is 4.77. The van der Waals surface area contributed by atoms with Crippen LogP contribution in [-0.2, 0) is 4.74 Å². The molecular weight excluding hydrogens is 299 g/mol. The highest BCUT2D eigenvalue weighted by molar-refractivity contribution is 6.31. The molecule has 0 spiro atoms. The normalized spacial score (nSPS) is 10.1. The van der Waals surface area contributed by atoms with Gasteiger partial charge in [-0.3, -0.25) is 4.79 Å². The topological polar surface area (TPSA) is 43.4 Å². The molecule has 0 atom stereocenters. The Morgan fingerprint density at radius 1 is 0.800 bits per heavy atom. The molecule has 0 bridgehead atoms. The summed E-state index contributed by atoms with van der Waals surface area (Å²) in [5.41, 5.74) is 0.789. The molecule has 0 saturated carbocycles. The van der Waals surface area contributed by atoms with E-state index < -0.39 is 5.97 Å². The van der Waals surface area contributed by atoms with Gasteiger partial charge in [0.05, 0.1) is 5.56 Å². The summed E-state index contributed by atoms with van der Waals surface area (Å²) in [6.45, 7) is -0.316. The van der Waals surface area contributed by atoms with Gasteiger partial charge in [-0.15, -0.1) is 0 Å². The number of halogens is 2. The van der Waals surface area contributed by atoms with Crippen LogP contribution in [0.4, 0.5) is 0 Å². The Morgan fingerprint density at radius 2 is 1.25 bits per heavy atom. The summed E-state index contributed by atoms with van der Waals surface area (Å²) >= 11 is 11.4. The highest BCUT2D eigenvalue weighted by atomic mass is 35.5. The largest absolute Gasteiger partial charge is 0.454 e. The summed E-state index contributed by atoms with van der Waals surface area (Å²) < 4.78 is 4.95. The summed E-state index contributed by atoms with van der Waals surface area (Å²) in [7, 11) is 0. The number of esters is 1. The molecule has 0 unspecified atom stereocenters. The minimum atomic E-state index is -0.566. The lowest BCUT2D eigenvalue weighted by Gasteiger charge is -2.04. The van der Waals surface area contributed by atoms with Gasteiger partial charge in [-0.2, -0.15) is 0 Å². The second-order valence-electron chi connectivity index (χ2n) is 4.01. The van der Waals surface area contributed by atoms with Gasteiger partial charge < -0.3 is 4.74 Å². The molecule has 2 rings (SSSR count). The van der Waals surface area contributed by atoms with E-state index in [1.807, 2.05) is 0 Å². The van der Waals surface area contributed by atoms with Crippen molar-refractivity contribution < 1.29 is 14.3 Å². The van der Waals surface area contributed by atoms with E-state index in [-0.39, 0.29) is 12.4 Å². The monoisotopic (exact) mass is 308 g/mol. The summed E-state index contributed by atoms with van der Waals surface area (Å²) in [5, 5.41) is 1.07. The standard InChI is InChI=1S/C15H10Cl2O3/c16-12-5-1-10(2-6-12)14(18)9-20-15(19)11-3-7-13(17)8-4-11/h1-8H,9H2. The minimum absolute atomic E-state index is 0.288. The number of hydrogen-bond donors (Lipinski definition) is 0. The average molecular weight is 309 g/mol. The Labute approximate surface area is 126 Å². The molecule has 0 aliphatic heterocycles. The third-order valence-corrected chi connectivity index (χ3v) is 3.08. The zero-order chi connectivity index (χ0) is 14.5. The maximum Gasteiger partial charge on any atom is 0.338 e. The molecule has 0 aliphatic rings. The van der Waals surface area contributed by atoms with E-state index in [2.05, 4.69) is 0 Å². The van der Waals surface area contributed by atoms with Gasteiger partial charge in [0.1, 0.15) is 0 Å². The Hall–Kier alpha value is -1.84. The van der Waals surface area contributed by atoms with Gasteiger partial charge in [-0.1, -0.05) is 23.2 Å². The number of rotatable bonds is 4. The first-order valence-corrected chi connectivity index (χ1v) is 6.53. The van der Waals surface area contributed by atoms with E-state index in [1.54, 1.807) is 36.4 Å². The molecule has 20 heavy (non-hydrogen) atoms. The van der Waals surface area contributed by atoms with Gasteiger partial charge in [-0.25, -0.2) is 4.79 Å². The summed E-state index contributed by atoms with van der Waals surface area (Å²) in [6.07, 6.45) is 0. The van der Waals surface area contributed by atoms with Crippen molar-refractivity contribution in [3.8, 4) is 0 Å². The van der Waals surface area contributed by atoms with Gasteiger partial charge in [0.2, 0.25) is 0 Å². The van der Waals surface area contributed by atoms with Crippen molar-refractivity contribution in [3.05, 3.63) is 69.7 Å². The molecular formula is C15H10Cl2O3. The van der Waals surface area contributed by atoms with Crippen LogP contribution in [0.5, 0.6) is 0 Å². The van der Waals surface area contributed by atoms with Crippen LogP contribution in [0, 0.1) is 0 Å². The lowest BCUT2D eigenvalue weighted by atomic mass is 10.1. The second-order valence-corrected chi connectivity index (χ2v) is 4.89. The van der Waals surface area contributed by atoms with Crippen LogP contribution < -0.4 is 0 Å². The van der Waals surface area contributed by atoms with E-state index >= 15 is 0 Å². The zero-order valence-electron chi connectivity index (χ0n) is 10.3. The highest BCUT2D eigenvalue weighted by Gasteiger charge is 2.11. The predicted octanol–water partition coefficient (Wildman–Crippen LogP) is 4.03. The van der Waals surface area contributed by atoms with Gasteiger partial charge in [0.25, 0.3) is 0 Å². The van der Waals surface area contributed by atoms with E-state index in [1.165, 1.54) is 12.1 Å². The smallest absolute Gasteiger partial charge is 0.338 e. The summed E-state index contributed by atoms with van der Waals surface area (Å²) in [6, 6.07) is 12.6. The summed E-state index contributed by atoms with van der Waals surface area (Å²) in [4.78, 5) is 23.5. The first kappa shape index (κ1) is 14.6. The third kappa shape index (κ3) is 3.83. The number of hydrogen-bond acceptors (Lipinski definition) is 3. The number of ether oxygens (including phenoxy) is 1. The fourth-order valence-electron chi connectivity index (χ4n) is 1.52. The lowest BCUT2D eigenvalue weighted by molar-refractivity contribution is 0.0475. The van der Waals surface area contributed by atoms with Gasteiger partial charge in [0, 0.05) is 15.6 Å². The fraction of sp³-hybridized carbons (Fsp3) is 0.0667. The molecule has 0 saturated heterocycles. The predicted molar refractivity (Wildman–Crippen MR) is 77.5 cm³/mol. The quantitative estimate of drug-likeness (QED) is 0.632. The Balaban J connectivity index is 1.94. The van der Waals surface area contributed by atoms with Crippen LogP contribution in [0.25, 0.3) is 0 Å². The number of carbonyl (C=O) groups is 2. The summed E-state index contributed by atoms with van der Waals surface area (Å²) in [5.74, 6) is -0.854. The molecule has 2 aromatic rings. The molecule has 102 valence electrons. The SMILES string of the molecule is O=C(COC(=O)c1ccc(Cl)cc1)c1ccc(Cl)cc1. The van der Waals surface area contributed by atoms with Crippen molar-refractivity contribution >= 4 is 35.0 Å². The van der Waals surface area contributed by atoms with Gasteiger partial charge in [-0.05, 0) is 48.5 Å². The number of ketones is 1. The molecule has 0 heterocycles. The van der Waals surface area contributed by atoms with E-state index in [9.17, 15) is 9.59 Å². The van der Waals surface area contributed by atoms with Crippen molar-refractivity contribution in [2.24, 2.45) is 0 Å². The maximum atomic E-state index is 11.8. The zero-order valence-corrected chi connectivity index (χ0v) is 11.8. The van der Waals surface area contributed by atoms with Crippen molar-refractivity contribution in [3.63, 3.8) is 0 Å². The van der Waals surface area contributed by atoms with E-state index in [4.69, 9.17) is 27.9 Å². The Bertz CT molecular complexity index is 561. The molecule has 0 amide bonds. The van der Waals surface area contributed by atoms with Crippen LogP contribution in [-0.4, -0.2) is 18.4 Å². The van der Waals surface area contributed by atoms with Crippen LogP contribution >= 0.6 is 23.2 Å². The van der Waals surface area contributed by atoms with Crippen molar-refractivity contribution in [1.82, 2.24) is 0 Å². The van der Waals surface area contributed by atoms with Gasteiger partial charge in [0.15, 0.2) is 12.4 Å². The first-order valence-electron chi connectivity index (χ1n) is 5.78. The molecule has 3 nitrogen and oxygen atoms in total. The molecule has 5 heteroatoms. The minimum Gasteiger partial charge on any atom is -0.454 e. The molecule has 0 aromatic heterocycles. The molecule has 2 aromatic carbocycles. The lowest BCUT2D eigenvalue weighted by Crippen LogP contribution is -2.14. The van der Waals surface area contributed by atoms with Gasteiger partial charge >= 0.3 is 5.97 Å². The fourth-order valence-corrected chi connectivity index (χ4v) is 1.77. The van der Waals surface area contributed by atoms with Crippen molar-refractivity contribution in [2.75, 3.05) is 6.61 Å². The molecule has 0 fully saturated rings. The number of benzene rings is 2. The van der Waals surface area contributed by atoms with Crippen LogP contribution in [0.3, 0.4) is 0 Å². The van der Waals surface area contributed by atoms with Crippen molar-refractivity contribution in [2.45, 2.75) is 0 Å². The molecule has 0 aliphatic carbocycles. The highest BCUT2D eigenvalue weighted by Crippen LogP contribution is 2.12. The maximum absolute atomic E-state index is 11.8. The van der Waals surface area contributed by atoms with Crippen LogP contribution in [0.1, 0.15) is 20.7 Å². The van der Waals surface area contributed by atoms with Crippen LogP contribution in [0.2, 0.25) is 10.0 Å². The van der Waals surface area contributed by atoms with E-state index in [0.717, 1.165) is 0 Å².